The van der Waals surface area contributed by atoms with Crippen LogP contribution in [-0.4, -0.2) is 44.1 Å². The second-order valence-electron chi connectivity index (χ2n) is 5.23. The van der Waals surface area contributed by atoms with Gasteiger partial charge in [-0.25, -0.2) is 0 Å². The Bertz CT molecular complexity index is 498. The Hall–Kier alpha value is -2.04. The van der Waals surface area contributed by atoms with Crippen LogP contribution < -0.4 is 4.74 Å². The van der Waals surface area contributed by atoms with E-state index in [4.69, 9.17) is 9.47 Å². The molecule has 0 radical (unpaired) electrons. The van der Waals surface area contributed by atoms with E-state index < -0.39 is 0 Å². The fraction of sp³-hybridized carbons (Fsp3) is 0.500. The monoisotopic (exact) mass is 291 g/mol. The van der Waals surface area contributed by atoms with E-state index in [2.05, 4.69) is 0 Å². The first kappa shape index (κ1) is 15.4. The summed E-state index contributed by atoms with van der Waals surface area (Å²) >= 11 is 0. The first-order valence-corrected chi connectivity index (χ1v) is 7.12. The van der Waals surface area contributed by atoms with Gasteiger partial charge >= 0.3 is 5.97 Å². The predicted molar refractivity (Wildman–Crippen MR) is 78.0 cm³/mol. The topological polar surface area (TPSA) is 55.8 Å². The first-order valence-electron chi connectivity index (χ1n) is 7.12. The highest BCUT2D eigenvalue weighted by Gasteiger charge is 2.28. The third-order valence-electron chi connectivity index (χ3n) is 3.82. The zero-order valence-corrected chi connectivity index (χ0v) is 12.5. The van der Waals surface area contributed by atoms with Gasteiger partial charge in [0.05, 0.1) is 26.6 Å². The van der Waals surface area contributed by atoms with E-state index in [1.54, 1.807) is 12.0 Å². The summed E-state index contributed by atoms with van der Waals surface area (Å²) in [5, 5.41) is 0. The van der Waals surface area contributed by atoms with Crippen molar-refractivity contribution in [2.45, 2.75) is 19.3 Å². The van der Waals surface area contributed by atoms with Gasteiger partial charge in [0, 0.05) is 13.1 Å². The molecule has 5 heteroatoms. The molecule has 1 heterocycles. The van der Waals surface area contributed by atoms with Crippen molar-refractivity contribution >= 4 is 11.9 Å². The third kappa shape index (κ3) is 3.97. The minimum absolute atomic E-state index is 0.0498. The number of ether oxygens (including phenoxy) is 2. The average molecular weight is 291 g/mol. The van der Waals surface area contributed by atoms with Crippen molar-refractivity contribution in [1.29, 1.82) is 0 Å². The minimum Gasteiger partial charge on any atom is -0.497 e. The molecule has 1 aliphatic heterocycles. The van der Waals surface area contributed by atoms with Crippen LogP contribution in [0.3, 0.4) is 0 Å². The molecule has 0 aliphatic carbocycles. The highest BCUT2D eigenvalue weighted by atomic mass is 16.5. The summed E-state index contributed by atoms with van der Waals surface area (Å²) in [4.78, 5) is 25.7. The van der Waals surface area contributed by atoms with Gasteiger partial charge in [0.2, 0.25) is 5.91 Å². The van der Waals surface area contributed by atoms with E-state index in [1.807, 2.05) is 24.3 Å². The summed E-state index contributed by atoms with van der Waals surface area (Å²) in [7, 11) is 3.00. The Balaban J connectivity index is 1.94. The SMILES string of the molecule is COC(=O)[C@H]1CCCN(C(=O)Cc2ccc(OC)cc2)C1. The summed E-state index contributed by atoms with van der Waals surface area (Å²) < 4.78 is 9.87. The van der Waals surface area contributed by atoms with Crippen LogP contribution in [0.25, 0.3) is 0 Å². The molecule has 0 unspecified atom stereocenters. The van der Waals surface area contributed by atoms with E-state index in [9.17, 15) is 9.59 Å². The predicted octanol–water partition coefficient (Wildman–Crippen LogP) is 1.65. The normalized spacial score (nSPS) is 18.2. The Morgan fingerprint density at radius 2 is 1.95 bits per heavy atom. The molecular formula is C16H21NO4. The summed E-state index contributed by atoms with van der Waals surface area (Å²) in [6.45, 7) is 1.17. The number of amides is 1. The lowest BCUT2D eigenvalue weighted by atomic mass is 9.97. The number of hydrogen-bond donors (Lipinski definition) is 0. The molecule has 0 N–H and O–H groups in total. The molecule has 1 fully saturated rings. The van der Waals surface area contributed by atoms with E-state index in [0.717, 1.165) is 24.2 Å². The van der Waals surface area contributed by atoms with E-state index in [-0.39, 0.29) is 17.8 Å². The maximum absolute atomic E-state index is 12.3. The highest BCUT2D eigenvalue weighted by Crippen LogP contribution is 2.19. The fourth-order valence-corrected chi connectivity index (χ4v) is 2.59. The van der Waals surface area contributed by atoms with Gasteiger partial charge in [-0.05, 0) is 30.5 Å². The van der Waals surface area contributed by atoms with Crippen molar-refractivity contribution in [1.82, 2.24) is 4.90 Å². The van der Waals surface area contributed by atoms with Crippen LogP contribution in [0.2, 0.25) is 0 Å². The second-order valence-corrected chi connectivity index (χ2v) is 5.23. The number of likely N-dealkylation sites (tertiary alicyclic amines) is 1. The fourth-order valence-electron chi connectivity index (χ4n) is 2.59. The number of carbonyl (C=O) groups is 2. The smallest absolute Gasteiger partial charge is 0.310 e. The Morgan fingerprint density at radius 3 is 2.57 bits per heavy atom. The minimum atomic E-state index is -0.225. The lowest BCUT2D eigenvalue weighted by Crippen LogP contribution is -2.43. The molecule has 0 aromatic heterocycles. The third-order valence-corrected chi connectivity index (χ3v) is 3.82. The van der Waals surface area contributed by atoms with Gasteiger partial charge in [-0.15, -0.1) is 0 Å². The molecule has 2 rings (SSSR count). The zero-order chi connectivity index (χ0) is 15.2. The highest BCUT2D eigenvalue weighted by molar-refractivity contribution is 5.80. The van der Waals surface area contributed by atoms with Crippen molar-refractivity contribution in [3.8, 4) is 5.75 Å². The zero-order valence-electron chi connectivity index (χ0n) is 12.5. The summed E-state index contributed by atoms with van der Waals surface area (Å²) in [6.07, 6.45) is 1.98. The van der Waals surface area contributed by atoms with Gasteiger partial charge in [-0.2, -0.15) is 0 Å². The Morgan fingerprint density at radius 1 is 1.24 bits per heavy atom. The van der Waals surface area contributed by atoms with Crippen molar-refractivity contribution in [2.75, 3.05) is 27.3 Å². The van der Waals surface area contributed by atoms with Crippen molar-refractivity contribution in [3.05, 3.63) is 29.8 Å². The summed E-state index contributed by atoms with van der Waals surface area (Å²) in [5.74, 6) is 0.407. The molecular weight excluding hydrogens is 270 g/mol. The summed E-state index contributed by atoms with van der Waals surface area (Å²) in [5.41, 5.74) is 0.945. The molecule has 0 bridgehead atoms. The maximum Gasteiger partial charge on any atom is 0.310 e. The molecule has 5 nitrogen and oxygen atoms in total. The quantitative estimate of drug-likeness (QED) is 0.792. The van der Waals surface area contributed by atoms with Crippen LogP contribution in [0.4, 0.5) is 0 Å². The largest absolute Gasteiger partial charge is 0.497 e. The molecule has 1 saturated heterocycles. The van der Waals surface area contributed by atoms with E-state index in [0.29, 0.717) is 19.5 Å². The second kappa shape index (κ2) is 7.11. The number of nitrogens with zero attached hydrogens (tertiary/aromatic N) is 1. The molecule has 1 aliphatic rings. The van der Waals surface area contributed by atoms with Crippen molar-refractivity contribution < 1.29 is 19.1 Å². The molecule has 0 spiro atoms. The lowest BCUT2D eigenvalue weighted by Gasteiger charge is -2.31. The first-order chi connectivity index (χ1) is 10.1. The van der Waals surface area contributed by atoms with Gasteiger partial charge in [-0.1, -0.05) is 12.1 Å². The standard InChI is InChI=1S/C16H21NO4/c1-20-14-7-5-12(6-8-14)10-15(18)17-9-3-4-13(11-17)16(19)21-2/h5-8,13H,3-4,9-11H2,1-2H3/t13-/m0/s1. The average Bonchev–Trinajstić information content (AvgIpc) is 2.55. The number of piperidine rings is 1. The van der Waals surface area contributed by atoms with Crippen LogP contribution in [0.15, 0.2) is 24.3 Å². The Kier molecular flexibility index (Phi) is 5.20. The van der Waals surface area contributed by atoms with E-state index >= 15 is 0 Å². The molecule has 21 heavy (non-hydrogen) atoms. The van der Waals surface area contributed by atoms with Crippen LogP contribution in [0.1, 0.15) is 18.4 Å². The van der Waals surface area contributed by atoms with Crippen molar-refractivity contribution in [3.63, 3.8) is 0 Å². The van der Waals surface area contributed by atoms with Crippen LogP contribution in [-0.2, 0) is 20.7 Å². The van der Waals surface area contributed by atoms with Gasteiger partial charge in [-0.3, -0.25) is 9.59 Å². The lowest BCUT2D eigenvalue weighted by molar-refractivity contribution is -0.148. The summed E-state index contributed by atoms with van der Waals surface area (Å²) in [6, 6.07) is 7.46. The number of benzene rings is 1. The van der Waals surface area contributed by atoms with Crippen LogP contribution in [0, 0.1) is 5.92 Å². The maximum atomic E-state index is 12.3. The molecule has 114 valence electrons. The van der Waals surface area contributed by atoms with Gasteiger partial charge in [0.25, 0.3) is 0 Å². The molecule has 1 atom stereocenters. The number of carbonyl (C=O) groups excluding carboxylic acids is 2. The Labute approximate surface area is 124 Å². The van der Waals surface area contributed by atoms with E-state index in [1.165, 1.54) is 7.11 Å². The van der Waals surface area contributed by atoms with Gasteiger partial charge in [0.15, 0.2) is 0 Å². The van der Waals surface area contributed by atoms with Gasteiger partial charge in [0.1, 0.15) is 5.75 Å². The van der Waals surface area contributed by atoms with Crippen molar-refractivity contribution in [2.24, 2.45) is 5.92 Å². The number of esters is 1. The number of methoxy groups -OCH3 is 2. The molecule has 1 aromatic carbocycles. The number of rotatable bonds is 4. The molecule has 0 saturated carbocycles. The van der Waals surface area contributed by atoms with Crippen LogP contribution >= 0.6 is 0 Å². The van der Waals surface area contributed by atoms with Crippen LogP contribution in [0.5, 0.6) is 5.75 Å². The molecule has 1 amide bonds. The number of hydrogen-bond acceptors (Lipinski definition) is 4. The van der Waals surface area contributed by atoms with Gasteiger partial charge < -0.3 is 14.4 Å². The molecule has 1 aromatic rings.